The van der Waals surface area contributed by atoms with Crippen LogP contribution in [-0.4, -0.2) is 31.2 Å². The van der Waals surface area contributed by atoms with Crippen LogP contribution in [0.4, 0.5) is 5.69 Å². The van der Waals surface area contributed by atoms with Crippen LogP contribution in [0.1, 0.15) is 12.0 Å². The summed E-state index contributed by atoms with van der Waals surface area (Å²) >= 11 is 0. The molecule has 1 N–H and O–H groups in total. The maximum Gasteiger partial charge on any atom is 0.0723 e. The second-order valence-electron chi connectivity index (χ2n) is 5.11. The van der Waals surface area contributed by atoms with Gasteiger partial charge >= 0.3 is 0 Å². The van der Waals surface area contributed by atoms with Gasteiger partial charge in [0.15, 0.2) is 0 Å². The molecule has 1 aliphatic heterocycles. The van der Waals surface area contributed by atoms with E-state index in [4.69, 9.17) is 0 Å². The molecule has 2 aromatic rings. The lowest BCUT2D eigenvalue weighted by molar-refractivity contribution is 0.687. The Balaban J connectivity index is 2.07. The molecule has 0 spiro atoms. The molecule has 1 unspecified atom stereocenters. The van der Waals surface area contributed by atoms with Gasteiger partial charge in [-0.1, -0.05) is 6.07 Å². The lowest BCUT2D eigenvalue weighted by Gasteiger charge is -2.27. The number of aromatic nitrogens is 1. The summed E-state index contributed by atoms with van der Waals surface area (Å²) in [5.41, 5.74) is 3.58. The predicted molar refractivity (Wildman–Crippen MR) is 76.2 cm³/mol. The van der Waals surface area contributed by atoms with Gasteiger partial charge in [0.2, 0.25) is 0 Å². The second-order valence-corrected chi connectivity index (χ2v) is 5.11. The number of nitrogens with zero attached hydrogens (tertiary/aromatic N) is 2. The van der Waals surface area contributed by atoms with Crippen LogP contribution in [0.5, 0.6) is 0 Å². The molecule has 1 aromatic heterocycles. The molecule has 1 saturated heterocycles. The number of rotatable bonds is 2. The van der Waals surface area contributed by atoms with Gasteiger partial charge in [0.05, 0.1) is 5.52 Å². The van der Waals surface area contributed by atoms with E-state index in [2.05, 4.69) is 53.4 Å². The van der Waals surface area contributed by atoms with Crippen LogP contribution in [0, 0.1) is 6.92 Å². The number of anilines is 1. The molecular formula is C15H19N3. The van der Waals surface area contributed by atoms with Gasteiger partial charge in [0.25, 0.3) is 0 Å². The van der Waals surface area contributed by atoms with E-state index < -0.39 is 0 Å². The van der Waals surface area contributed by atoms with Crippen molar-refractivity contribution < 1.29 is 0 Å². The molecule has 18 heavy (non-hydrogen) atoms. The largest absolute Gasteiger partial charge is 0.370 e. The minimum atomic E-state index is 0.594. The Morgan fingerprint density at radius 3 is 3.06 bits per heavy atom. The molecule has 94 valence electrons. The van der Waals surface area contributed by atoms with E-state index in [1.807, 2.05) is 6.20 Å². The van der Waals surface area contributed by atoms with Crippen LogP contribution in [0.2, 0.25) is 0 Å². The first-order chi connectivity index (χ1) is 8.75. The molecule has 0 radical (unpaired) electrons. The average molecular weight is 241 g/mol. The quantitative estimate of drug-likeness (QED) is 0.874. The molecule has 2 heterocycles. The first-order valence-electron chi connectivity index (χ1n) is 6.54. The number of hydrogen-bond donors (Lipinski definition) is 1. The summed E-state index contributed by atoms with van der Waals surface area (Å²) in [5.74, 6) is 0. The Morgan fingerprint density at radius 1 is 1.39 bits per heavy atom. The number of fused-ring (bicyclic) bond motifs is 1. The fourth-order valence-corrected chi connectivity index (χ4v) is 2.71. The molecular weight excluding hydrogens is 222 g/mol. The average Bonchev–Trinajstić information content (AvgIpc) is 2.91. The Hall–Kier alpha value is -1.61. The molecule has 3 heteroatoms. The third-order valence-electron chi connectivity index (χ3n) is 3.80. The van der Waals surface area contributed by atoms with Crippen LogP contribution < -0.4 is 10.2 Å². The van der Waals surface area contributed by atoms with E-state index >= 15 is 0 Å². The Kier molecular flexibility index (Phi) is 2.92. The fourth-order valence-electron chi connectivity index (χ4n) is 2.71. The summed E-state index contributed by atoms with van der Waals surface area (Å²) in [5, 5.41) is 4.68. The summed E-state index contributed by atoms with van der Waals surface area (Å²) in [4.78, 5) is 6.90. The lowest BCUT2D eigenvalue weighted by atomic mass is 10.1. The summed E-state index contributed by atoms with van der Waals surface area (Å²) < 4.78 is 0. The second kappa shape index (κ2) is 4.58. The normalized spacial score (nSPS) is 19.3. The van der Waals surface area contributed by atoms with Gasteiger partial charge in [-0.05, 0) is 43.7 Å². The summed E-state index contributed by atoms with van der Waals surface area (Å²) in [6, 6.07) is 9.20. The van der Waals surface area contributed by atoms with Gasteiger partial charge in [-0.15, -0.1) is 0 Å². The zero-order valence-corrected chi connectivity index (χ0v) is 11.0. The minimum absolute atomic E-state index is 0.594. The Bertz CT molecular complexity index is 559. The highest BCUT2D eigenvalue weighted by atomic mass is 15.2. The molecule has 0 bridgehead atoms. The van der Waals surface area contributed by atoms with E-state index in [1.165, 1.54) is 23.1 Å². The van der Waals surface area contributed by atoms with Gasteiger partial charge in [-0.3, -0.25) is 4.98 Å². The van der Waals surface area contributed by atoms with Gasteiger partial charge in [0, 0.05) is 36.9 Å². The number of nitrogens with one attached hydrogen (secondary N) is 1. The number of pyridine rings is 1. The first kappa shape index (κ1) is 11.5. The molecule has 1 aromatic carbocycles. The van der Waals surface area contributed by atoms with E-state index in [9.17, 15) is 0 Å². The predicted octanol–water partition coefficient (Wildman–Crippen LogP) is 2.34. The first-order valence-corrected chi connectivity index (χ1v) is 6.54. The maximum atomic E-state index is 4.51. The van der Waals surface area contributed by atoms with Crippen LogP contribution in [0.25, 0.3) is 10.9 Å². The lowest BCUT2D eigenvalue weighted by Crippen LogP contribution is -2.33. The zero-order chi connectivity index (χ0) is 12.5. The van der Waals surface area contributed by atoms with Gasteiger partial charge in [-0.25, -0.2) is 0 Å². The Labute approximate surface area is 108 Å². The van der Waals surface area contributed by atoms with Crippen LogP contribution in [0.15, 0.2) is 30.5 Å². The van der Waals surface area contributed by atoms with E-state index in [-0.39, 0.29) is 0 Å². The highest BCUT2D eigenvalue weighted by Crippen LogP contribution is 2.27. The standard InChI is InChI=1S/C15H19N3/c1-11-8-13-14(17-9-11)4-3-5-15(13)18(2)12-6-7-16-10-12/h3-5,8-9,12,16H,6-7,10H2,1-2H3. The molecule has 1 atom stereocenters. The summed E-state index contributed by atoms with van der Waals surface area (Å²) in [7, 11) is 2.19. The van der Waals surface area contributed by atoms with Crippen molar-refractivity contribution in [2.24, 2.45) is 0 Å². The van der Waals surface area contributed by atoms with Crippen molar-refractivity contribution in [1.82, 2.24) is 10.3 Å². The molecule has 0 aliphatic carbocycles. The molecule has 1 aliphatic rings. The zero-order valence-electron chi connectivity index (χ0n) is 11.0. The highest BCUT2D eigenvalue weighted by molar-refractivity contribution is 5.92. The van der Waals surface area contributed by atoms with Crippen molar-refractivity contribution in [2.75, 3.05) is 25.0 Å². The van der Waals surface area contributed by atoms with Crippen LogP contribution >= 0.6 is 0 Å². The molecule has 3 nitrogen and oxygen atoms in total. The van der Waals surface area contributed by atoms with Gasteiger partial charge < -0.3 is 10.2 Å². The van der Waals surface area contributed by atoms with Gasteiger partial charge in [0.1, 0.15) is 0 Å². The van der Waals surface area contributed by atoms with E-state index in [1.54, 1.807) is 0 Å². The van der Waals surface area contributed by atoms with Crippen LogP contribution in [0.3, 0.4) is 0 Å². The smallest absolute Gasteiger partial charge is 0.0723 e. The fraction of sp³-hybridized carbons (Fsp3) is 0.400. The number of benzene rings is 1. The van der Waals surface area contributed by atoms with Crippen molar-refractivity contribution in [3.05, 3.63) is 36.0 Å². The van der Waals surface area contributed by atoms with Crippen molar-refractivity contribution in [1.29, 1.82) is 0 Å². The number of hydrogen-bond acceptors (Lipinski definition) is 3. The molecule has 1 fully saturated rings. The van der Waals surface area contributed by atoms with Crippen molar-refractivity contribution in [3.8, 4) is 0 Å². The third kappa shape index (κ3) is 1.95. The minimum Gasteiger partial charge on any atom is -0.370 e. The summed E-state index contributed by atoms with van der Waals surface area (Å²) in [6.07, 6.45) is 3.15. The van der Waals surface area contributed by atoms with Crippen LogP contribution in [-0.2, 0) is 0 Å². The number of likely N-dealkylation sites (N-methyl/N-ethyl adjacent to an activating group) is 1. The van der Waals surface area contributed by atoms with E-state index in [0.29, 0.717) is 6.04 Å². The monoisotopic (exact) mass is 241 g/mol. The topological polar surface area (TPSA) is 28.2 Å². The third-order valence-corrected chi connectivity index (χ3v) is 3.80. The highest BCUT2D eigenvalue weighted by Gasteiger charge is 2.20. The molecule has 3 rings (SSSR count). The van der Waals surface area contributed by atoms with Crippen molar-refractivity contribution in [2.45, 2.75) is 19.4 Å². The molecule has 0 saturated carbocycles. The van der Waals surface area contributed by atoms with E-state index in [0.717, 1.165) is 18.6 Å². The maximum absolute atomic E-state index is 4.51. The Morgan fingerprint density at radius 2 is 2.28 bits per heavy atom. The van der Waals surface area contributed by atoms with Crippen molar-refractivity contribution >= 4 is 16.6 Å². The van der Waals surface area contributed by atoms with Crippen molar-refractivity contribution in [3.63, 3.8) is 0 Å². The van der Waals surface area contributed by atoms with Gasteiger partial charge in [-0.2, -0.15) is 0 Å². The number of aryl methyl sites for hydroxylation is 1. The SMILES string of the molecule is Cc1cnc2cccc(N(C)C3CCNC3)c2c1. The molecule has 0 amide bonds. The summed E-state index contributed by atoms with van der Waals surface area (Å²) in [6.45, 7) is 4.30.